The van der Waals surface area contributed by atoms with Gasteiger partial charge in [-0.25, -0.2) is 0 Å². The van der Waals surface area contributed by atoms with E-state index >= 15 is 0 Å². The minimum absolute atomic E-state index is 0.362. The van der Waals surface area contributed by atoms with Gasteiger partial charge in [-0.3, -0.25) is 11.3 Å². The maximum atomic E-state index is 5.83. The highest BCUT2D eigenvalue weighted by molar-refractivity contribution is 4.81. The van der Waals surface area contributed by atoms with E-state index in [4.69, 9.17) is 10.6 Å². The summed E-state index contributed by atoms with van der Waals surface area (Å²) >= 11 is 0. The third-order valence-electron chi connectivity index (χ3n) is 4.19. The number of hydrogen-bond acceptors (Lipinski definition) is 3. The average Bonchev–Trinajstić information content (AvgIpc) is 2.38. The van der Waals surface area contributed by atoms with Crippen molar-refractivity contribution in [3.8, 4) is 0 Å². The van der Waals surface area contributed by atoms with Crippen molar-refractivity contribution in [3.05, 3.63) is 0 Å². The SMILES string of the molecule is NNC(CC1CCCCC1)C1CCCCO1. The van der Waals surface area contributed by atoms with E-state index in [-0.39, 0.29) is 0 Å². The van der Waals surface area contributed by atoms with Crippen molar-refractivity contribution < 1.29 is 4.74 Å². The standard InChI is InChI=1S/C13H26N2O/c14-15-12(13-8-4-5-9-16-13)10-11-6-2-1-3-7-11/h11-13,15H,1-10,14H2. The Kier molecular flexibility index (Phi) is 5.07. The van der Waals surface area contributed by atoms with Gasteiger partial charge < -0.3 is 4.74 Å². The molecule has 0 aromatic carbocycles. The van der Waals surface area contributed by atoms with Crippen LogP contribution in [0.15, 0.2) is 0 Å². The van der Waals surface area contributed by atoms with E-state index in [1.165, 1.54) is 57.8 Å². The number of rotatable bonds is 4. The molecule has 0 aromatic rings. The van der Waals surface area contributed by atoms with Crippen molar-refractivity contribution in [2.24, 2.45) is 11.8 Å². The summed E-state index contributed by atoms with van der Waals surface area (Å²) < 4.78 is 5.83. The van der Waals surface area contributed by atoms with Gasteiger partial charge in [0, 0.05) is 12.6 Å². The molecule has 3 N–H and O–H groups in total. The molecule has 1 saturated carbocycles. The molecule has 3 heteroatoms. The first-order chi connectivity index (χ1) is 7.90. The normalized spacial score (nSPS) is 30.2. The van der Waals surface area contributed by atoms with Gasteiger partial charge in [0.2, 0.25) is 0 Å². The Bertz CT molecular complexity index is 186. The molecule has 1 aliphatic carbocycles. The zero-order chi connectivity index (χ0) is 11.2. The summed E-state index contributed by atoms with van der Waals surface area (Å²) in [5.41, 5.74) is 2.99. The molecule has 0 radical (unpaired) electrons. The summed E-state index contributed by atoms with van der Waals surface area (Å²) in [6.45, 7) is 0.924. The monoisotopic (exact) mass is 226 g/mol. The van der Waals surface area contributed by atoms with Gasteiger partial charge in [0.1, 0.15) is 0 Å². The quantitative estimate of drug-likeness (QED) is 0.571. The van der Waals surface area contributed by atoms with Crippen molar-refractivity contribution >= 4 is 0 Å². The number of nitrogens with one attached hydrogen (secondary N) is 1. The maximum Gasteiger partial charge on any atom is 0.0741 e. The third-order valence-corrected chi connectivity index (χ3v) is 4.19. The molecule has 2 unspecified atom stereocenters. The van der Waals surface area contributed by atoms with Gasteiger partial charge in [0.25, 0.3) is 0 Å². The van der Waals surface area contributed by atoms with Crippen LogP contribution in [-0.2, 0) is 4.74 Å². The molecule has 1 heterocycles. The van der Waals surface area contributed by atoms with Crippen LogP contribution in [0.5, 0.6) is 0 Å². The number of ether oxygens (including phenoxy) is 1. The van der Waals surface area contributed by atoms with Crippen LogP contribution >= 0.6 is 0 Å². The lowest BCUT2D eigenvalue weighted by Gasteiger charge is -2.33. The van der Waals surface area contributed by atoms with Crippen LogP contribution in [0.1, 0.15) is 57.8 Å². The molecule has 2 aliphatic rings. The van der Waals surface area contributed by atoms with Crippen LogP contribution in [-0.4, -0.2) is 18.8 Å². The predicted molar refractivity (Wildman–Crippen MR) is 65.9 cm³/mol. The molecule has 2 fully saturated rings. The molecule has 0 bridgehead atoms. The van der Waals surface area contributed by atoms with Crippen LogP contribution in [0.4, 0.5) is 0 Å². The molecule has 94 valence electrons. The summed E-state index contributed by atoms with van der Waals surface area (Å²) in [5.74, 6) is 6.57. The highest BCUT2D eigenvalue weighted by Gasteiger charge is 2.26. The summed E-state index contributed by atoms with van der Waals surface area (Å²) in [5, 5.41) is 0. The molecule has 1 saturated heterocycles. The topological polar surface area (TPSA) is 47.3 Å². The van der Waals surface area contributed by atoms with E-state index in [0.29, 0.717) is 12.1 Å². The van der Waals surface area contributed by atoms with Gasteiger partial charge in [-0.2, -0.15) is 0 Å². The van der Waals surface area contributed by atoms with E-state index in [9.17, 15) is 0 Å². The fraction of sp³-hybridized carbons (Fsp3) is 1.00. The Morgan fingerprint density at radius 2 is 1.81 bits per heavy atom. The molecular formula is C13H26N2O. The van der Waals surface area contributed by atoms with Crippen molar-refractivity contribution in [1.29, 1.82) is 0 Å². The summed E-state index contributed by atoms with van der Waals surface area (Å²) in [7, 11) is 0. The maximum absolute atomic E-state index is 5.83. The van der Waals surface area contributed by atoms with Gasteiger partial charge in [-0.05, 0) is 31.6 Å². The van der Waals surface area contributed by atoms with Gasteiger partial charge in [-0.15, -0.1) is 0 Å². The second kappa shape index (κ2) is 6.58. The van der Waals surface area contributed by atoms with Crippen molar-refractivity contribution in [3.63, 3.8) is 0 Å². The number of hydrogen-bond donors (Lipinski definition) is 2. The van der Waals surface area contributed by atoms with Crippen molar-refractivity contribution in [1.82, 2.24) is 5.43 Å². The molecule has 0 aromatic heterocycles. The molecule has 3 nitrogen and oxygen atoms in total. The van der Waals surface area contributed by atoms with E-state index in [1.54, 1.807) is 0 Å². The van der Waals surface area contributed by atoms with Crippen LogP contribution in [0.2, 0.25) is 0 Å². The lowest BCUT2D eigenvalue weighted by molar-refractivity contribution is -0.0138. The Balaban J connectivity index is 1.78. The zero-order valence-electron chi connectivity index (χ0n) is 10.3. The van der Waals surface area contributed by atoms with E-state index in [1.807, 2.05) is 0 Å². The third kappa shape index (κ3) is 3.44. The number of hydrazine groups is 1. The smallest absolute Gasteiger partial charge is 0.0741 e. The Labute approximate surface area is 99.1 Å². The van der Waals surface area contributed by atoms with E-state index < -0.39 is 0 Å². The largest absolute Gasteiger partial charge is 0.377 e. The Morgan fingerprint density at radius 1 is 1.06 bits per heavy atom. The minimum atomic E-state index is 0.362. The molecule has 1 aliphatic heterocycles. The molecule has 16 heavy (non-hydrogen) atoms. The van der Waals surface area contributed by atoms with Gasteiger partial charge >= 0.3 is 0 Å². The molecule has 2 rings (SSSR count). The summed E-state index contributed by atoms with van der Waals surface area (Å²) in [4.78, 5) is 0. The first kappa shape index (κ1) is 12.3. The fourth-order valence-corrected chi connectivity index (χ4v) is 3.19. The second-order valence-electron chi connectivity index (χ2n) is 5.42. The second-order valence-corrected chi connectivity index (χ2v) is 5.42. The van der Waals surface area contributed by atoms with Gasteiger partial charge in [0.05, 0.1) is 6.10 Å². The molecule has 0 spiro atoms. The zero-order valence-corrected chi connectivity index (χ0v) is 10.3. The molecular weight excluding hydrogens is 200 g/mol. The first-order valence-electron chi connectivity index (χ1n) is 6.98. The number of nitrogens with two attached hydrogens (primary N) is 1. The predicted octanol–water partition coefficient (Wildman–Crippen LogP) is 2.36. The van der Waals surface area contributed by atoms with Crippen molar-refractivity contribution in [2.75, 3.05) is 6.61 Å². The van der Waals surface area contributed by atoms with Crippen LogP contribution in [0.3, 0.4) is 0 Å². The minimum Gasteiger partial charge on any atom is -0.377 e. The van der Waals surface area contributed by atoms with Gasteiger partial charge in [0.15, 0.2) is 0 Å². The Hall–Kier alpha value is -0.120. The Morgan fingerprint density at radius 3 is 2.44 bits per heavy atom. The average molecular weight is 226 g/mol. The van der Waals surface area contributed by atoms with Crippen molar-refractivity contribution in [2.45, 2.75) is 69.9 Å². The summed E-state index contributed by atoms with van der Waals surface area (Å²) in [6, 6.07) is 0.378. The highest BCUT2D eigenvalue weighted by atomic mass is 16.5. The fourth-order valence-electron chi connectivity index (χ4n) is 3.19. The van der Waals surface area contributed by atoms with Crippen LogP contribution in [0.25, 0.3) is 0 Å². The van der Waals surface area contributed by atoms with Crippen LogP contribution in [0, 0.1) is 5.92 Å². The lowest BCUT2D eigenvalue weighted by Crippen LogP contribution is -2.47. The van der Waals surface area contributed by atoms with E-state index in [2.05, 4.69) is 5.43 Å². The first-order valence-corrected chi connectivity index (χ1v) is 6.98. The highest BCUT2D eigenvalue weighted by Crippen LogP contribution is 2.29. The molecule has 0 amide bonds. The summed E-state index contributed by atoms with van der Waals surface area (Å²) in [6.07, 6.45) is 12.3. The van der Waals surface area contributed by atoms with Gasteiger partial charge in [-0.1, -0.05) is 32.1 Å². The molecule has 2 atom stereocenters. The van der Waals surface area contributed by atoms with Crippen LogP contribution < -0.4 is 11.3 Å². The lowest BCUT2D eigenvalue weighted by atomic mass is 9.83. The van der Waals surface area contributed by atoms with E-state index in [0.717, 1.165) is 12.5 Å².